The highest BCUT2D eigenvalue weighted by Gasteiger charge is 2.20. The molecule has 4 heteroatoms. The van der Waals surface area contributed by atoms with Gasteiger partial charge in [0.05, 0.1) is 5.69 Å². The predicted octanol–water partition coefficient (Wildman–Crippen LogP) is 3.24. The quantitative estimate of drug-likeness (QED) is 0.745. The molecule has 2 unspecified atom stereocenters. The van der Waals surface area contributed by atoms with Gasteiger partial charge in [-0.2, -0.15) is 0 Å². The van der Waals surface area contributed by atoms with Gasteiger partial charge in [0.2, 0.25) is 0 Å². The normalized spacial score (nSPS) is 15.0. The highest BCUT2D eigenvalue weighted by Crippen LogP contribution is 2.28. The average Bonchev–Trinajstić information content (AvgIpc) is 2.69. The number of oxazole rings is 1. The Balaban J connectivity index is 2.59. The van der Waals surface area contributed by atoms with Crippen LogP contribution >= 0.6 is 11.8 Å². The first-order valence-electron chi connectivity index (χ1n) is 5.97. The Morgan fingerprint density at radius 1 is 1.50 bits per heavy atom. The topological polar surface area (TPSA) is 38.1 Å². The van der Waals surface area contributed by atoms with Gasteiger partial charge in [-0.3, -0.25) is 0 Å². The molecule has 92 valence electrons. The molecule has 0 spiro atoms. The van der Waals surface area contributed by atoms with Crippen LogP contribution in [0.5, 0.6) is 0 Å². The lowest BCUT2D eigenvalue weighted by Crippen LogP contribution is -2.35. The third-order valence-electron chi connectivity index (χ3n) is 2.67. The summed E-state index contributed by atoms with van der Waals surface area (Å²) in [5.41, 5.74) is 0.953. The van der Waals surface area contributed by atoms with E-state index in [0.29, 0.717) is 11.3 Å². The number of nitrogens with zero attached hydrogens (tertiary/aromatic N) is 1. The summed E-state index contributed by atoms with van der Waals surface area (Å²) < 4.78 is 5.39. The third-order valence-corrected chi connectivity index (χ3v) is 4.03. The fraction of sp³-hybridized carbons (Fsp3) is 0.750. The maximum absolute atomic E-state index is 5.39. The van der Waals surface area contributed by atoms with Crippen molar-refractivity contribution in [3.63, 3.8) is 0 Å². The molecular weight excluding hydrogens is 220 g/mol. The Hall–Kier alpha value is -0.480. The first-order valence-corrected chi connectivity index (χ1v) is 6.85. The fourth-order valence-corrected chi connectivity index (χ4v) is 2.96. The molecule has 0 bridgehead atoms. The number of hydrogen-bond donors (Lipinski definition) is 1. The van der Waals surface area contributed by atoms with Gasteiger partial charge in [-0.1, -0.05) is 32.0 Å². The van der Waals surface area contributed by atoms with Crippen LogP contribution < -0.4 is 5.32 Å². The first kappa shape index (κ1) is 13.6. The van der Waals surface area contributed by atoms with Gasteiger partial charge in [0.25, 0.3) is 5.22 Å². The van der Waals surface area contributed by atoms with Crippen LogP contribution in [0, 0.1) is 6.92 Å². The number of aryl methyl sites for hydroxylation is 1. The zero-order valence-corrected chi connectivity index (χ0v) is 11.4. The van der Waals surface area contributed by atoms with E-state index in [1.807, 2.05) is 14.0 Å². The Labute approximate surface area is 102 Å². The maximum atomic E-state index is 5.39. The minimum Gasteiger partial charge on any atom is -0.440 e. The predicted molar refractivity (Wildman–Crippen MR) is 68.9 cm³/mol. The molecule has 16 heavy (non-hydrogen) atoms. The van der Waals surface area contributed by atoms with Crippen molar-refractivity contribution < 1.29 is 4.42 Å². The summed E-state index contributed by atoms with van der Waals surface area (Å²) >= 11 is 1.74. The molecular formula is C12H22N2OS. The summed E-state index contributed by atoms with van der Waals surface area (Å²) in [5, 5.41) is 4.71. The van der Waals surface area contributed by atoms with E-state index < -0.39 is 0 Å². The molecule has 0 radical (unpaired) electrons. The molecule has 0 amide bonds. The summed E-state index contributed by atoms with van der Waals surface area (Å²) in [4.78, 5) is 4.34. The van der Waals surface area contributed by atoms with E-state index in [2.05, 4.69) is 24.1 Å². The third kappa shape index (κ3) is 3.83. The van der Waals surface area contributed by atoms with Crippen molar-refractivity contribution >= 4 is 11.8 Å². The number of nitrogens with one attached hydrogen (secondary N) is 1. The van der Waals surface area contributed by atoms with Crippen LogP contribution in [0.25, 0.3) is 0 Å². The summed E-state index contributed by atoms with van der Waals surface area (Å²) in [7, 11) is 2.03. The highest BCUT2D eigenvalue weighted by atomic mass is 32.2. The lowest BCUT2D eigenvalue weighted by atomic mass is 10.1. The molecule has 0 aliphatic rings. The molecule has 0 saturated heterocycles. The molecule has 1 aromatic heterocycles. The monoisotopic (exact) mass is 242 g/mol. The van der Waals surface area contributed by atoms with E-state index in [9.17, 15) is 0 Å². The van der Waals surface area contributed by atoms with Crippen molar-refractivity contribution in [2.45, 2.75) is 56.5 Å². The summed E-state index contributed by atoms with van der Waals surface area (Å²) in [6.45, 7) is 6.39. The molecule has 1 rings (SSSR count). The van der Waals surface area contributed by atoms with Gasteiger partial charge in [0.1, 0.15) is 6.26 Å². The van der Waals surface area contributed by atoms with Gasteiger partial charge in [0, 0.05) is 11.3 Å². The highest BCUT2D eigenvalue weighted by molar-refractivity contribution is 7.99. The number of hydrogen-bond acceptors (Lipinski definition) is 4. The van der Waals surface area contributed by atoms with Crippen LogP contribution in [0.4, 0.5) is 0 Å². The largest absolute Gasteiger partial charge is 0.440 e. The average molecular weight is 242 g/mol. The van der Waals surface area contributed by atoms with Crippen LogP contribution in [0.15, 0.2) is 15.9 Å². The molecule has 0 fully saturated rings. The minimum absolute atomic E-state index is 0.531. The van der Waals surface area contributed by atoms with Crippen molar-refractivity contribution in [3.8, 4) is 0 Å². The second-order valence-corrected chi connectivity index (χ2v) is 5.19. The second kappa shape index (κ2) is 6.97. The van der Waals surface area contributed by atoms with Crippen LogP contribution in [-0.2, 0) is 0 Å². The molecule has 1 heterocycles. The molecule has 2 atom stereocenters. The van der Waals surface area contributed by atoms with Crippen molar-refractivity contribution in [2.75, 3.05) is 7.05 Å². The minimum atomic E-state index is 0.531. The molecule has 0 aliphatic carbocycles. The maximum Gasteiger partial charge on any atom is 0.256 e. The lowest BCUT2D eigenvalue weighted by Gasteiger charge is -2.23. The number of thioether (sulfide) groups is 1. The van der Waals surface area contributed by atoms with Gasteiger partial charge in [0.15, 0.2) is 0 Å². The standard InChI is InChI=1S/C12H22N2OS/c1-5-7-10(13-4)11(6-2)16-12-14-9(3)8-15-12/h8,10-11,13H,5-7H2,1-4H3. The van der Waals surface area contributed by atoms with E-state index in [4.69, 9.17) is 4.42 Å². The van der Waals surface area contributed by atoms with Gasteiger partial charge >= 0.3 is 0 Å². The number of aromatic nitrogens is 1. The number of rotatable bonds is 7. The summed E-state index contributed by atoms with van der Waals surface area (Å²) in [5.74, 6) is 0. The summed E-state index contributed by atoms with van der Waals surface area (Å²) in [6, 6.07) is 0.534. The van der Waals surface area contributed by atoms with Gasteiger partial charge < -0.3 is 9.73 Å². The Kier molecular flexibility index (Phi) is 5.91. The summed E-state index contributed by atoms with van der Waals surface area (Å²) in [6.07, 6.45) is 5.23. The van der Waals surface area contributed by atoms with Crippen LogP contribution in [0.1, 0.15) is 38.8 Å². The Morgan fingerprint density at radius 2 is 2.25 bits per heavy atom. The van der Waals surface area contributed by atoms with E-state index in [0.717, 1.165) is 17.3 Å². The van der Waals surface area contributed by atoms with Gasteiger partial charge in [-0.05, 0) is 26.8 Å². The van der Waals surface area contributed by atoms with Crippen LogP contribution in [0.2, 0.25) is 0 Å². The first-order chi connectivity index (χ1) is 7.71. The molecule has 0 saturated carbocycles. The van der Waals surface area contributed by atoms with Crippen LogP contribution in [0.3, 0.4) is 0 Å². The van der Waals surface area contributed by atoms with E-state index >= 15 is 0 Å². The SMILES string of the molecule is CCCC(NC)C(CC)Sc1nc(C)co1. The molecule has 1 aromatic rings. The zero-order valence-electron chi connectivity index (χ0n) is 10.6. The Bertz CT molecular complexity index is 301. The lowest BCUT2D eigenvalue weighted by molar-refractivity contribution is 0.444. The van der Waals surface area contributed by atoms with Gasteiger partial charge in [-0.15, -0.1) is 0 Å². The molecule has 3 nitrogen and oxygen atoms in total. The van der Waals surface area contributed by atoms with Crippen molar-refractivity contribution in [1.29, 1.82) is 0 Å². The molecule has 1 N–H and O–H groups in total. The van der Waals surface area contributed by atoms with Crippen molar-refractivity contribution in [3.05, 3.63) is 12.0 Å². The second-order valence-electron chi connectivity index (χ2n) is 4.00. The van der Waals surface area contributed by atoms with Crippen LogP contribution in [-0.4, -0.2) is 23.3 Å². The van der Waals surface area contributed by atoms with Crippen molar-refractivity contribution in [2.24, 2.45) is 0 Å². The van der Waals surface area contributed by atoms with Crippen molar-refractivity contribution in [1.82, 2.24) is 10.3 Å². The van der Waals surface area contributed by atoms with Gasteiger partial charge in [-0.25, -0.2) is 4.98 Å². The zero-order chi connectivity index (χ0) is 12.0. The Morgan fingerprint density at radius 3 is 2.69 bits per heavy atom. The van der Waals surface area contributed by atoms with E-state index in [1.165, 1.54) is 12.8 Å². The smallest absolute Gasteiger partial charge is 0.256 e. The molecule has 0 aromatic carbocycles. The van der Waals surface area contributed by atoms with E-state index in [-0.39, 0.29) is 0 Å². The molecule has 0 aliphatic heterocycles. The fourth-order valence-electron chi connectivity index (χ4n) is 1.79. The van der Waals surface area contributed by atoms with E-state index in [1.54, 1.807) is 18.0 Å².